The molecule has 0 aliphatic heterocycles. The normalized spacial score (nSPS) is 13.2. The van der Waals surface area contributed by atoms with Crippen LogP contribution in [-0.4, -0.2) is 26.8 Å². The van der Waals surface area contributed by atoms with Crippen molar-refractivity contribution in [2.45, 2.75) is 32.7 Å². The number of imidazole rings is 1. The molecule has 3 aromatic rings. The molecule has 0 saturated heterocycles. The lowest BCUT2D eigenvalue weighted by molar-refractivity contribution is -0.189. The van der Waals surface area contributed by atoms with Gasteiger partial charge in [-0.05, 0) is 37.1 Å². The Hall–Kier alpha value is -2.64. The lowest BCUT2D eigenvalue weighted by atomic mass is 10.1. The van der Waals surface area contributed by atoms with E-state index >= 15 is 0 Å². The Morgan fingerprint density at radius 2 is 1.96 bits per heavy atom. The molecule has 3 rings (SSSR count). The average Bonchev–Trinajstić information content (AvgIpc) is 2.92. The van der Waals surface area contributed by atoms with E-state index in [0.29, 0.717) is 23.3 Å². The summed E-state index contributed by atoms with van der Waals surface area (Å²) in [5, 5.41) is 0. The number of benzene rings is 1. The van der Waals surface area contributed by atoms with Crippen molar-refractivity contribution in [1.82, 2.24) is 14.5 Å². The molecular weight excluding hydrogens is 338 g/mol. The van der Waals surface area contributed by atoms with E-state index in [0.717, 1.165) is 12.5 Å². The van der Waals surface area contributed by atoms with Gasteiger partial charge in [0.2, 0.25) is 5.88 Å². The minimum absolute atomic E-state index is 0.130. The summed E-state index contributed by atoms with van der Waals surface area (Å²) in [7, 11) is 0. The minimum Gasteiger partial charge on any atom is -0.465 e. The number of alkyl halides is 3. The Balaban J connectivity index is 1.89. The number of aromatic nitrogens is 3. The zero-order chi connectivity index (χ0) is 18.2. The van der Waals surface area contributed by atoms with Crippen molar-refractivity contribution in [2.75, 3.05) is 0 Å². The van der Waals surface area contributed by atoms with E-state index in [4.69, 9.17) is 4.74 Å². The fourth-order valence-electron chi connectivity index (χ4n) is 2.35. The number of fused-ring (bicyclic) bond motifs is 1. The van der Waals surface area contributed by atoms with Gasteiger partial charge in [0.25, 0.3) is 0 Å². The van der Waals surface area contributed by atoms with Gasteiger partial charge in [0.15, 0.2) is 11.8 Å². The number of ether oxygens (including phenoxy) is 1. The highest BCUT2D eigenvalue weighted by Crippen LogP contribution is 2.25. The number of pyridine rings is 1. The lowest BCUT2D eigenvalue weighted by Gasteiger charge is -2.16. The van der Waals surface area contributed by atoms with Crippen LogP contribution in [0.3, 0.4) is 0 Å². The van der Waals surface area contributed by atoms with Gasteiger partial charge in [-0.3, -0.25) is 0 Å². The van der Waals surface area contributed by atoms with Crippen LogP contribution >= 0.6 is 0 Å². The van der Waals surface area contributed by atoms with Crippen molar-refractivity contribution >= 4 is 11.2 Å². The van der Waals surface area contributed by atoms with Crippen LogP contribution in [0.2, 0.25) is 0 Å². The Labute approximate surface area is 141 Å². The summed E-state index contributed by atoms with van der Waals surface area (Å²) in [5.74, 6) is -0.427. The molecule has 4 nitrogen and oxygen atoms in total. The van der Waals surface area contributed by atoms with Crippen LogP contribution < -0.4 is 4.74 Å². The molecule has 2 heterocycles. The third-order valence-electron chi connectivity index (χ3n) is 3.77. The molecule has 0 N–H and O–H groups in total. The zero-order valence-electron chi connectivity index (χ0n) is 13.5. The van der Waals surface area contributed by atoms with E-state index in [2.05, 4.69) is 9.97 Å². The molecule has 1 unspecified atom stereocenters. The smallest absolute Gasteiger partial charge is 0.425 e. The van der Waals surface area contributed by atoms with Gasteiger partial charge in [0.1, 0.15) is 11.3 Å². The first-order chi connectivity index (χ1) is 11.7. The summed E-state index contributed by atoms with van der Waals surface area (Å²) in [6.45, 7) is 2.95. The summed E-state index contributed by atoms with van der Waals surface area (Å²) >= 11 is 0. The predicted molar refractivity (Wildman–Crippen MR) is 83.9 cm³/mol. The fourth-order valence-corrected chi connectivity index (χ4v) is 2.35. The van der Waals surface area contributed by atoms with E-state index in [-0.39, 0.29) is 11.7 Å². The highest BCUT2D eigenvalue weighted by atomic mass is 19.4. The van der Waals surface area contributed by atoms with E-state index in [1.165, 1.54) is 18.5 Å². The van der Waals surface area contributed by atoms with Crippen LogP contribution in [0, 0.1) is 12.7 Å². The first-order valence-corrected chi connectivity index (χ1v) is 7.54. The second-order valence-corrected chi connectivity index (χ2v) is 5.75. The number of hydrogen-bond donors (Lipinski definition) is 0. The monoisotopic (exact) mass is 353 g/mol. The predicted octanol–water partition coefficient (Wildman–Crippen LogP) is 4.26. The van der Waals surface area contributed by atoms with Crippen LogP contribution in [0.4, 0.5) is 17.6 Å². The molecule has 0 bridgehead atoms. The van der Waals surface area contributed by atoms with Crippen molar-refractivity contribution in [3.05, 3.63) is 53.6 Å². The third kappa shape index (κ3) is 3.72. The summed E-state index contributed by atoms with van der Waals surface area (Å²) in [6, 6.07) is 7.61. The fraction of sp³-hybridized carbons (Fsp3) is 0.294. The van der Waals surface area contributed by atoms with Crippen LogP contribution in [-0.2, 0) is 6.54 Å². The number of nitrogens with zero attached hydrogens (tertiary/aromatic N) is 3. The van der Waals surface area contributed by atoms with Gasteiger partial charge < -0.3 is 9.30 Å². The maximum absolute atomic E-state index is 13.4. The van der Waals surface area contributed by atoms with Crippen molar-refractivity contribution in [3.63, 3.8) is 0 Å². The summed E-state index contributed by atoms with van der Waals surface area (Å²) < 4.78 is 57.8. The average molecular weight is 353 g/mol. The van der Waals surface area contributed by atoms with Crippen LogP contribution in [0.5, 0.6) is 5.88 Å². The highest BCUT2D eigenvalue weighted by molar-refractivity contribution is 5.71. The number of hydrogen-bond acceptors (Lipinski definition) is 3. The summed E-state index contributed by atoms with van der Waals surface area (Å²) in [5.41, 5.74) is 2.27. The SMILES string of the molecule is Cc1cc(Cn2cnc3ccc(OC(C)C(F)(F)F)nc32)ccc1F. The van der Waals surface area contributed by atoms with E-state index in [9.17, 15) is 17.6 Å². The molecular formula is C17H15F4N3O. The summed E-state index contributed by atoms with van der Waals surface area (Å²) in [4.78, 5) is 8.30. The van der Waals surface area contributed by atoms with Gasteiger partial charge in [-0.2, -0.15) is 18.2 Å². The molecule has 0 fully saturated rings. The first kappa shape index (κ1) is 17.2. The molecule has 2 aromatic heterocycles. The van der Waals surface area contributed by atoms with Crippen molar-refractivity contribution in [2.24, 2.45) is 0 Å². The van der Waals surface area contributed by atoms with Crippen LogP contribution in [0.15, 0.2) is 36.7 Å². The van der Waals surface area contributed by atoms with Gasteiger partial charge in [-0.25, -0.2) is 9.37 Å². The maximum Gasteiger partial charge on any atom is 0.425 e. The molecule has 8 heteroatoms. The van der Waals surface area contributed by atoms with Crippen LogP contribution in [0.25, 0.3) is 11.2 Å². The largest absolute Gasteiger partial charge is 0.465 e. The molecule has 0 aliphatic rings. The minimum atomic E-state index is -4.47. The van der Waals surface area contributed by atoms with Gasteiger partial charge >= 0.3 is 6.18 Å². The zero-order valence-corrected chi connectivity index (χ0v) is 13.5. The molecule has 132 valence electrons. The van der Waals surface area contributed by atoms with Gasteiger partial charge in [0.05, 0.1) is 12.9 Å². The molecule has 0 radical (unpaired) electrons. The Morgan fingerprint density at radius 3 is 2.64 bits per heavy atom. The molecule has 1 aromatic carbocycles. The topological polar surface area (TPSA) is 39.9 Å². The molecule has 0 spiro atoms. The van der Waals surface area contributed by atoms with Crippen molar-refractivity contribution in [3.8, 4) is 5.88 Å². The van der Waals surface area contributed by atoms with Gasteiger partial charge in [-0.15, -0.1) is 0 Å². The molecule has 0 amide bonds. The van der Waals surface area contributed by atoms with E-state index in [1.54, 1.807) is 29.7 Å². The Morgan fingerprint density at radius 1 is 1.20 bits per heavy atom. The number of rotatable bonds is 4. The quantitative estimate of drug-likeness (QED) is 0.658. The number of aryl methyl sites for hydroxylation is 1. The van der Waals surface area contributed by atoms with Gasteiger partial charge in [-0.1, -0.05) is 12.1 Å². The lowest BCUT2D eigenvalue weighted by Crippen LogP contribution is -2.31. The first-order valence-electron chi connectivity index (χ1n) is 7.54. The van der Waals surface area contributed by atoms with Crippen LogP contribution in [0.1, 0.15) is 18.1 Å². The molecule has 0 saturated carbocycles. The maximum atomic E-state index is 13.4. The Bertz CT molecular complexity index is 905. The standard InChI is InChI=1S/C17H15F4N3O/c1-10-7-12(3-4-13(10)18)8-24-9-22-14-5-6-15(23-16(14)24)25-11(2)17(19,20)21/h3-7,9,11H,8H2,1-2H3. The van der Waals surface area contributed by atoms with E-state index < -0.39 is 12.3 Å². The molecule has 0 aliphatic carbocycles. The van der Waals surface area contributed by atoms with E-state index in [1.807, 2.05) is 0 Å². The molecule has 1 atom stereocenters. The van der Waals surface area contributed by atoms with Crippen molar-refractivity contribution in [1.29, 1.82) is 0 Å². The van der Waals surface area contributed by atoms with Gasteiger partial charge in [0, 0.05) is 6.07 Å². The second kappa shape index (κ2) is 6.34. The summed E-state index contributed by atoms with van der Waals surface area (Å²) in [6.07, 6.45) is -4.90. The Kier molecular flexibility index (Phi) is 4.36. The van der Waals surface area contributed by atoms with Crippen molar-refractivity contribution < 1.29 is 22.3 Å². The highest BCUT2D eigenvalue weighted by Gasteiger charge is 2.38. The number of halogens is 4. The third-order valence-corrected chi connectivity index (χ3v) is 3.77. The molecule has 25 heavy (non-hydrogen) atoms. The second-order valence-electron chi connectivity index (χ2n) is 5.75.